The number of carbonyl (C=O) groups excluding carboxylic acids is 1. The fourth-order valence-corrected chi connectivity index (χ4v) is 7.54. The molecule has 0 radical (unpaired) electrons. The van der Waals surface area contributed by atoms with E-state index in [9.17, 15) is 24.3 Å². The number of nitrogens with one attached hydrogen (secondary N) is 3. The summed E-state index contributed by atoms with van der Waals surface area (Å²) in [6.07, 6.45) is 3.44. The molecule has 0 fully saturated rings. The molecule has 3 atom stereocenters. The summed E-state index contributed by atoms with van der Waals surface area (Å²) in [7, 11) is -4.11. The minimum Gasteiger partial charge on any atom is -0.390 e. The van der Waals surface area contributed by atoms with Gasteiger partial charge in [0, 0.05) is 69.9 Å². The van der Waals surface area contributed by atoms with Crippen molar-refractivity contribution in [1.29, 1.82) is 0 Å². The molecule has 5 rings (SSSR count). The first-order chi connectivity index (χ1) is 21.7. The Morgan fingerprint density at radius 2 is 1.67 bits per heavy atom. The SMILES string of the molecule is CCc1c(C)c2cc3[nH]c(cc4nc(c(C)c5nc(cc1[nH]2)C(C)=C5)[C@@H](CCC(=O)NCCC[Si](O)(O)O)[C@@H]4C)c(C)c3C(C)O. The zero-order valence-electron chi connectivity index (χ0n) is 27.9. The van der Waals surface area contributed by atoms with Gasteiger partial charge in [-0.15, -0.1) is 0 Å². The summed E-state index contributed by atoms with van der Waals surface area (Å²) < 4.78 is 0. The van der Waals surface area contributed by atoms with E-state index in [1.807, 2.05) is 6.92 Å². The van der Waals surface area contributed by atoms with E-state index in [1.54, 1.807) is 6.92 Å². The van der Waals surface area contributed by atoms with E-state index in [4.69, 9.17) is 9.97 Å². The smallest absolute Gasteiger partial charge is 0.390 e. The topological polar surface area (TPSA) is 167 Å². The average molecular weight is 646 g/mol. The highest BCUT2D eigenvalue weighted by atomic mass is 28.4. The maximum absolute atomic E-state index is 12.8. The van der Waals surface area contributed by atoms with Crippen LogP contribution in [0.15, 0.2) is 18.2 Å². The summed E-state index contributed by atoms with van der Waals surface area (Å²) in [6, 6.07) is 6.16. The highest BCUT2D eigenvalue weighted by Crippen LogP contribution is 2.42. The summed E-state index contributed by atoms with van der Waals surface area (Å²) >= 11 is 0. The highest BCUT2D eigenvalue weighted by Gasteiger charge is 2.32. The zero-order chi connectivity index (χ0) is 33.5. The van der Waals surface area contributed by atoms with Gasteiger partial charge in [-0.1, -0.05) is 13.8 Å². The molecule has 0 aromatic carbocycles. The Bertz CT molecular complexity index is 1850. The molecule has 0 spiro atoms. The van der Waals surface area contributed by atoms with Gasteiger partial charge >= 0.3 is 8.80 Å². The third kappa shape index (κ3) is 6.89. The van der Waals surface area contributed by atoms with Crippen molar-refractivity contribution in [2.45, 2.75) is 98.1 Å². The van der Waals surface area contributed by atoms with Crippen LogP contribution in [0.5, 0.6) is 0 Å². The Labute approximate surface area is 271 Å². The Morgan fingerprint density at radius 1 is 0.978 bits per heavy atom. The Kier molecular flexibility index (Phi) is 9.72. The second-order valence-corrected chi connectivity index (χ2v) is 15.0. The van der Waals surface area contributed by atoms with E-state index >= 15 is 0 Å². The van der Waals surface area contributed by atoms with Crippen LogP contribution >= 0.6 is 0 Å². The summed E-state index contributed by atoms with van der Waals surface area (Å²) in [6.45, 7) is 14.6. The standard InChI is InChI=1S/C35H47N5O5Si/c1-8-24-19(3)28-17-32-34(23(7)41)21(5)30(39-32)16-29-20(4)25(10-11-33(42)36-12-9-13-46(43,44)45)35(40-29)22(6)27-14-18(2)26(37-27)15-31(24)38-28/h14-17,20,23,25,38-39,41,43-45H,8-13H2,1-7H3,(H,36,42)/t20-,23?,25-/m0/s1. The third-order valence-electron chi connectivity index (χ3n) is 9.58. The van der Waals surface area contributed by atoms with Crippen LogP contribution in [0.4, 0.5) is 0 Å². The van der Waals surface area contributed by atoms with Crippen LogP contribution in [-0.4, -0.2) is 60.7 Å². The number of amides is 1. The van der Waals surface area contributed by atoms with E-state index in [0.717, 1.165) is 73.5 Å². The molecule has 3 aromatic rings. The maximum Gasteiger partial charge on any atom is 0.492 e. The molecule has 1 unspecified atom stereocenters. The van der Waals surface area contributed by atoms with Gasteiger partial charge in [-0.2, -0.15) is 0 Å². The first kappa shape index (κ1) is 33.7. The number of aliphatic hydroxyl groups excluding tert-OH is 1. The third-order valence-corrected chi connectivity index (χ3v) is 10.6. The fourth-order valence-electron chi connectivity index (χ4n) is 6.89. The predicted octanol–water partition coefficient (Wildman–Crippen LogP) is 5.51. The van der Waals surface area contributed by atoms with Crippen molar-refractivity contribution < 1.29 is 24.3 Å². The summed E-state index contributed by atoms with van der Waals surface area (Å²) in [4.78, 5) is 58.0. The molecule has 2 aliphatic rings. The fraction of sp³-hybridized carbons (Fsp3) is 0.457. The molecule has 11 heteroatoms. The van der Waals surface area contributed by atoms with Gasteiger partial charge in [0.25, 0.3) is 0 Å². The zero-order valence-corrected chi connectivity index (χ0v) is 28.9. The number of hydrogen-bond donors (Lipinski definition) is 7. The van der Waals surface area contributed by atoms with Crippen molar-refractivity contribution in [3.05, 3.63) is 68.8 Å². The van der Waals surface area contributed by atoms with E-state index < -0.39 is 14.9 Å². The monoisotopic (exact) mass is 645 g/mol. The summed E-state index contributed by atoms with van der Waals surface area (Å²) in [5.74, 6) is -0.137. The Balaban J connectivity index is 1.66. The Morgan fingerprint density at radius 3 is 2.35 bits per heavy atom. The number of aromatic nitrogens is 4. The van der Waals surface area contributed by atoms with Crippen LogP contribution in [-0.2, 0) is 11.2 Å². The van der Waals surface area contributed by atoms with Gasteiger partial charge in [0.1, 0.15) is 0 Å². The lowest BCUT2D eigenvalue weighted by atomic mass is 9.85. The quantitative estimate of drug-likeness (QED) is 0.119. The number of aromatic amines is 2. The molecule has 5 heterocycles. The number of rotatable bonds is 9. The second kappa shape index (κ2) is 13.2. The van der Waals surface area contributed by atoms with Gasteiger partial charge in [-0.25, -0.2) is 4.98 Å². The number of allylic oxidation sites excluding steroid dienone is 1. The van der Waals surface area contributed by atoms with Crippen molar-refractivity contribution in [2.24, 2.45) is 0 Å². The van der Waals surface area contributed by atoms with Gasteiger partial charge in [0.05, 0.1) is 17.5 Å². The van der Waals surface area contributed by atoms with Crippen LogP contribution in [0.2, 0.25) is 6.04 Å². The first-order valence-electron chi connectivity index (χ1n) is 16.2. The lowest BCUT2D eigenvalue weighted by molar-refractivity contribution is -0.121. The minimum absolute atomic E-state index is 0.0188. The molecule has 3 aromatic heterocycles. The highest BCUT2D eigenvalue weighted by molar-refractivity contribution is 6.56. The van der Waals surface area contributed by atoms with E-state index in [-0.39, 0.29) is 36.8 Å². The molecular weight excluding hydrogens is 599 g/mol. The lowest BCUT2D eigenvalue weighted by Crippen LogP contribution is -2.35. The van der Waals surface area contributed by atoms with Gasteiger partial charge in [0.2, 0.25) is 5.91 Å². The molecule has 0 saturated carbocycles. The summed E-state index contributed by atoms with van der Waals surface area (Å²) in [5, 5.41) is 13.7. The number of H-pyrrole nitrogens is 2. The molecule has 0 aliphatic carbocycles. The number of aryl methyl sites for hydroxylation is 3. The number of fused-ring (bicyclic) bond motifs is 8. The molecule has 0 saturated heterocycles. The van der Waals surface area contributed by atoms with E-state index in [0.29, 0.717) is 12.8 Å². The normalized spacial score (nSPS) is 17.2. The maximum atomic E-state index is 12.8. The van der Waals surface area contributed by atoms with Crippen molar-refractivity contribution in [3.63, 3.8) is 0 Å². The number of hydrogen-bond acceptors (Lipinski definition) is 7. The van der Waals surface area contributed by atoms with Crippen molar-refractivity contribution in [2.75, 3.05) is 6.54 Å². The van der Waals surface area contributed by atoms with Crippen LogP contribution in [0.3, 0.4) is 0 Å². The number of carbonyl (C=O) groups is 1. The Hall–Kier alpha value is -3.61. The minimum atomic E-state index is -4.11. The van der Waals surface area contributed by atoms with Crippen molar-refractivity contribution >= 4 is 48.4 Å². The summed E-state index contributed by atoms with van der Waals surface area (Å²) in [5.41, 5.74) is 13.6. The van der Waals surface area contributed by atoms with Crippen LogP contribution in [0.25, 0.3) is 33.7 Å². The van der Waals surface area contributed by atoms with Crippen LogP contribution in [0, 0.1) is 20.8 Å². The number of aliphatic hydroxyl groups is 1. The van der Waals surface area contributed by atoms with Gasteiger partial charge in [-0.3, -0.25) is 9.78 Å². The van der Waals surface area contributed by atoms with Crippen LogP contribution < -0.4 is 5.32 Å². The van der Waals surface area contributed by atoms with Gasteiger partial charge in [-0.05, 0) is 106 Å². The second-order valence-electron chi connectivity index (χ2n) is 12.9. The molecule has 2 aliphatic heterocycles. The molecular formula is C35H47N5O5Si. The molecule has 246 valence electrons. The van der Waals surface area contributed by atoms with Crippen molar-refractivity contribution in [3.8, 4) is 0 Å². The largest absolute Gasteiger partial charge is 0.492 e. The van der Waals surface area contributed by atoms with Gasteiger partial charge in [0.15, 0.2) is 0 Å². The average Bonchev–Trinajstić information content (AvgIpc) is 3.68. The number of nitrogens with zero attached hydrogens (tertiary/aromatic N) is 2. The molecule has 10 nitrogen and oxygen atoms in total. The van der Waals surface area contributed by atoms with Crippen LogP contribution in [0.1, 0.15) is 115 Å². The van der Waals surface area contributed by atoms with Crippen molar-refractivity contribution in [1.82, 2.24) is 25.3 Å². The first-order valence-corrected chi connectivity index (χ1v) is 18.3. The molecule has 1 amide bonds. The predicted molar refractivity (Wildman–Crippen MR) is 184 cm³/mol. The van der Waals surface area contributed by atoms with E-state index in [2.05, 4.69) is 74.2 Å². The molecule has 46 heavy (non-hydrogen) atoms. The lowest BCUT2D eigenvalue weighted by Gasteiger charge is -2.17. The van der Waals surface area contributed by atoms with Gasteiger partial charge < -0.3 is 34.8 Å². The molecule has 8 bridgehead atoms. The molecule has 7 N–H and O–H groups in total. The van der Waals surface area contributed by atoms with E-state index in [1.165, 1.54) is 11.1 Å².